The van der Waals surface area contributed by atoms with Crippen molar-refractivity contribution in [2.45, 2.75) is 29.0 Å². The number of nitrogens with two attached hydrogens (primary N) is 1. The van der Waals surface area contributed by atoms with Crippen LogP contribution in [0.5, 0.6) is 0 Å². The van der Waals surface area contributed by atoms with E-state index in [1.54, 1.807) is 30.3 Å². The molecule has 2 aromatic carbocycles. The molecule has 0 aromatic heterocycles. The second-order valence-electron chi connectivity index (χ2n) is 6.57. The lowest BCUT2D eigenvalue weighted by Crippen LogP contribution is -2.46. The maximum absolute atomic E-state index is 13.1. The Morgan fingerprint density at radius 3 is 2.26 bits per heavy atom. The average Bonchev–Trinajstić information content (AvgIpc) is 3.45. The van der Waals surface area contributed by atoms with Gasteiger partial charge in [0, 0.05) is 0 Å². The summed E-state index contributed by atoms with van der Waals surface area (Å²) in [4.78, 5) is 12.6. The number of hydrogen-bond acceptors (Lipinski definition) is 5. The van der Waals surface area contributed by atoms with E-state index in [9.17, 15) is 21.6 Å². The second-order valence-corrected chi connectivity index (χ2v) is 10.2. The van der Waals surface area contributed by atoms with E-state index in [4.69, 9.17) is 5.14 Å². The van der Waals surface area contributed by atoms with Gasteiger partial charge in [-0.3, -0.25) is 9.10 Å². The van der Waals surface area contributed by atoms with E-state index >= 15 is 0 Å². The monoisotopic (exact) mass is 407 g/mol. The minimum Gasteiger partial charge on any atom is -0.322 e. The molecule has 27 heavy (non-hydrogen) atoms. The van der Waals surface area contributed by atoms with Gasteiger partial charge in [-0.15, -0.1) is 0 Å². The molecule has 0 radical (unpaired) electrons. The number of fused-ring (bicyclic) bond motifs is 1. The molecule has 1 heterocycles. The fraction of sp³-hybridized carbons (Fsp3) is 0.235. The van der Waals surface area contributed by atoms with Gasteiger partial charge in [0.15, 0.2) is 0 Å². The van der Waals surface area contributed by atoms with Crippen LogP contribution in [0, 0.1) is 0 Å². The van der Waals surface area contributed by atoms with Crippen LogP contribution in [0.4, 0.5) is 11.4 Å². The molecule has 0 bridgehead atoms. The molecule has 1 atom stereocenters. The zero-order valence-corrected chi connectivity index (χ0v) is 15.7. The number of sulfonamides is 2. The molecule has 1 aliphatic heterocycles. The standard InChI is InChI=1S/C17H17N3O5S2/c18-26(22,23)13-8-9-15-14(10-13)19-17(21)16(11-4-2-1-3-5-11)20(15)27(24,25)12-6-7-12/h1-5,8-10,12,16H,6-7H2,(H,19,21)(H2,18,22,23). The maximum Gasteiger partial charge on any atom is 0.252 e. The number of carbonyl (C=O) groups excluding carboxylic acids is 1. The lowest BCUT2D eigenvalue weighted by atomic mass is 10.0. The number of primary sulfonamides is 1. The molecule has 1 saturated carbocycles. The third kappa shape index (κ3) is 3.09. The molecule has 1 amide bonds. The Balaban J connectivity index is 1.92. The molecule has 3 N–H and O–H groups in total. The summed E-state index contributed by atoms with van der Waals surface area (Å²) in [6.45, 7) is 0. The number of amides is 1. The Kier molecular flexibility index (Phi) is 4.02. The first kappa shape index (κ1) is 18.0. The number of hydrogen-bond donors (Lipinski definition) is 2. The van der Waals surface area contributed by atoms with Crippen LogP contribution in [-0.2, 0) is 24.8 Å². The normalized spacial score (nSPS) is 20.1. The summed E-state index contributed by atoms with van der Waals surface area (Å²) in [5.74, 6) is -0.551. The predicted octanol–water partition coefficient (Wildman–Crippen LogP) is 1.33. The second kappa shape index (κ2) is 6.04. The lowest BCUT2D eigenvalue weighted by Gasteiger charge is -2.37. The van der Waals surface area contributed by atoms with Crippen LogP contribution < -0.4 is 14.8 Å². The van der Waals surface area contributed by atoms with Gasteiger partial charge in [-0.25, -0.2) is 22.0 Å². The molecular formula is C17H17N3O5S2. The van der Waals surface area contributed by atoms with E-state index in [1.165, 1.54) is 18.2 Å². The highest BCUT2D eigenvalue weighted by Crippen LogP contribution is 2.45. The molecule has 1 unspecified atom stereocenters. The van der Waals surface area contributed by atoms with Crippen LogP contribution >= 0.6 is 0 Å². The number of carbonyl (C=O) groups is 1. The molecule has 1 fully saturated rings. The van der Waals surface area contributed by atoms with Crippen LogP contribution in [0.25, 0.3) is 0 Å². The summed E-state index contributed by atoms with van der Waals surface area (Å²) in [5, 5.41) is 7.23. The van der Waals surface area contributed by atoms with E-state index in [0.29, 0.717) is 18.4 Å². The molecule has 2 aliphatic rings. The van der Waals surface area contributed by atoms with Crippen molar-refractivity contribution >= 4 is 37.3 Å². The fourth-order valence-corrected chi connectivity index (χ4v) is 5.70. The number of nitrogens with zero attached hydrogens (tertiary/aromatic N) is 1. The molecular weight excluding hydrogens is 390 g/mol. The summed E-state index contributed by atoms with van der Waals surface area (Å²) in [7, 11) is -7.78. The summed E-state index contributed by atoms with van der Waals surface area (Å²) >= 11 is 0. The Hall–Kier alpha value is -2.43. The maximum atomic E-state index is 13.1. The Morgan fingerprint density at radius 2 is 1.67 bits per heavy atom. The van der Waals surface area contributed by atoms with Crippen molar-refractivity contribution < 1.29 is 21.6 Å². The van der Waals surface area contributed by atoms with E-state index < -0.39 is 37.2 Å². The fourth-order valence-electron chi connectivity index (χ4n) is 3.16. The van der Waals surface area contributed by atoms with E-state index in [-0.39, 0.29) is 16.3 Å². The molecule has 10 heteroatoms. The molecule has 1 aliphatic carbocycles. The third-order valence-electron chi connectivity index (χ3n) is 4.61. The van der Waals surface area contributed by atoms with E-state index in [1.807, 2.05) is 0 Å². The van der Waals surface area contributed by atoms with Crippen molar-refractivity contribution in [3.8, 4) is 0 Å². The summed E-state index contributed by atoms with van der Waals surface area (Å²) in [5.41, 5.74) is 0.853. The molecule has 4 rings (SSSR count). The van der Waals surface area contributed by atoms with Gasteiger partial charge in [-0.1, -0.05) is 30.3 Å². The van der Waals surface area contributed by atoms with Gasteiger partial charge < -0.3 is 5.32 Å². The zero-order valence-electron chi connectivity index (χ0n) is 14.1. The van der Waals surface area contributed by atoms with Gasteiger partial charge in [-0.05, 0) is 36.6 Å². The van der Waals surface area contributed by atoms with Gasteiger partial charge >= 0.3 is 0 Å². The van der Waals surface area contributed by atoms with Crippen LogP contribution in [0.15, 0.2) is 53.4 Å². The number of nitrogens with one attached hydrogen (secondary N) is 1. The Bertz CT molecular complexity index is 1130. The number of anilines is 2. The molecule has 0 saturated heterocycles. The van der Waals surface area contributed by atoms with Crippen molar-refractivity contribution in [2.75, 3.05) is 9.62 Å². The smallest absolute Gasteiger partial charge is 0.252 e. The van der Waals surface area contributed by atoms with E-state index in [2.05, 4.69) is 5.32 Å². The predicted molar refractivity (Wildman–Crippen MR) is 100 cm³/mol. The summed E-state index contributed by atoms with van der Waals surface area (Å²) < 4.78 is 50.6. The zero-order chi connectivity index (χ0) is 19.4. The Labute approximate surface area is 157 Å². The quantitative estimate of drug-likeness (QED) is 0.790. The van der Waals surface area contributed by atoms with Crippen molar-refractivity contribution in [1.29, 1.82) is 0 Å². The third-order valence-corrected chi connectivity index (χ3v) is 7.79. The minimum atomic E-state index is -4.00. The van der Waals surface area contributed by atoms with Crippen molar-refractivity contribution in [2.24, 2.45) is 5.14 Å². The van der Waals surface area contributed by atoms with Gasteiger partial charge in [0.25, 0.3) is 5.91 Å². The topological polar surface area (TPSA) is 127 Å². The molecule has 8 nitrogen and oxygen atoms in total. The molecule has 0 spiro atoms. The number of benzene rings is 2. The largest absolute Gasteiger partial charge is 0.322 e. The molecule has 142 valence electrons. The average molecular weight is 407 g/mol. The van der Waals surface area contributed by atoms with Crippen molar-refractivity contribution in [3.63, 3.8) is 0 Å². The van der Waals surface area contributed by atoms with Gasteiger partial charge in [0.1, 0.15) is 6.04 Å². The first-order valence-electron chi connectivity index (χ1n) is 8.25. The summed E-state index contributed by atoms with van der Waals surface area (Å²) in [6, 6.07) is 11.3. The van der Waals surface area contributed by atoms with Gasteiger partial charge in [0.2, 0.25) is 20.0 Å². The summed E-state index contributed by atoms with van der Waals surface area (Å²) in [6.07, 6.45) is 1.07. The van der Waals surface area contributed by atoms with Crippen LogP contribution in [0.3, 0.4) is 0 Å². The van der Waals surface area contributed by atoms with Gasteiger partial charge in [-0.2, -0.15) is 0 Å². The highest BCUT2D eigenvalue weighted by molar-refractivity contribution is 7.93. The van der Waals surface area contributed by atoms with Crippen LogP contribution in [-0.4, -0.2) is 28.0 Å². The highest BCUT2D eigenvalue weighted by atomic mass is 32.2. The molecule has 2 aromatic rings. The van der Waals surface area contributed by atoms with E-state index in [0.717, 1.165) is 4.31 Å². The SMILES string of the molecule is NS(=O)(=O)c1ccc2c(c1)NC(=O)C(c1ccccc1)N2S(=O)(=O)C1CC1. The van der Waals surface area contributed by atoms with Crippen molar-refractivity contribution in [1.82, 2.24) is 0 Å². The van der Waals surface area contributed by atoms with Crippen molar-refractivity contribution in [3.05, 3.63) is 54.1 Å². The Morgan fingerprint density at radius 1 is 1.00 bits per heavy atom. The highest BCUT2D eigenvalue weighted by Gasteiger charge is 2.48. The first-order valence-corrected chi connectivity index (χ1v) is 11.3. The minimum absolute atomic E-state index is 0.0999. The van der Waals surface area contributed by atoms with Crippen LogP contribution in [0.1, 0.15) is 24.4 Å². The van der Waals surface area contributed by atoms with Crippen LogP contribution in [0.2, 0.25) is 0 Å². The lowest BCUT2D eigenvalue weighted by molar-refractivity contribution is -0.117. The first-order chi connectivity index (χ1) is 12.7. The number of rotatable bonds is 4. The van der Waals surface area contributed by atoms with Gasteiger partial charge in [0.05, 0.1) is 21.5 Å².